The van der Waals surface area contributed by atoms with Gasteiger partial charge in [-0.1, -0.05) is 60.7 Å². The lowest BCUT2D eigenvalue weighted by molar-refractivity contribution is 0.302. The number of imidazole rings is 1. The number of para-hydroxylation sites is 3. The molecule has 0 aliphatic rings. The summed E-state index contributed by atoms with van der Waals surface area (Å²) < 4.78 is 6.03. The molecule has 4 heteroatoms. The fourth-order valence-corrected chi connectivity index (χ4v) is 3.25. The van der Waals surface area contributed by atoms with Crippen molar-refractivity contribution in [3.63, 3.8) is 0 Å². The molecular weight excluding hydrogens is 346 g/mol. The average molecular weight is 371 g/mol. The SMILES string of the molecule is c1ccc(COc2ccccc2CNCCCc2nc3ccccc3[nH]2)cc1. The zero-order valence-corrected chi connectivity index (χ0v) is 15.9. The van der Waals surface area contributed by atoms with Gasteiger partial charge in [-0.3, -0.25) is 0 Å². The van der Waals surface area contributed by atoms with Gasteiger partial charge in [0, 0.05) is 18.5 Å². The number of H-pyrrole nitrogens is 1. The van der Waals surface area contributed by atoms with Crippen molar-refractivity contribution in [3.05, 3.63) is 95.8 Å². The first-order valence-electron chi connectivity index (χ1n) is 9.77. The van der Waals surface area contributed by atoms with E-state index in [2.05, 4.69) is 45.6 Å². The van der Waals surface area contributed by atoms with E-state index in [9.17, 15) is 0 Å². The Bertz CT molecular complexity index is 977. The van der Waals surface area contributed by atoms with Gasteiger partial charge >= 0.3 is 0 Å². The van der Waals surface area contributed by atoms with E-state index in [4.69, 9.17) is 4.74 Å². The molecule has 2 N–H and O–H groups in total. The second-order valence-corrected chi connectivity index (χ2v) is 6.86. The number of ether oxygens (including phenoxy) is 1. The highest BCUT2D eigenvalue weighted by atomic mass is 16.5. The molecule has 142 valence electrons. The molecule has 1 heterocycles. The zero-order valence-electron chi connectivity index (χ0n) is 15.9. The molecular formula is C24H25N3O. The van der Waals surface area contributed by atoms with Gasteiger partial charge in [-0.2, -0.15) is 0 Å². The van der Waals surface area contributed by atoms with Crippen molar-refractivity contribution in [2.24, 2.45) is 0 Å². The summed E-state index contributed by atoms with van der Waals surface area (Å²) in [5.41, 5.74) is 4.50. The number of aryl methyl sites for hydroxylation is 1. The molecule has 3 aromatic carbocycles. The normalized spacial score (nSPS) is 11.0. The minimum atomic E-state index is 0.587. The lowest BCUT2D eigenvalue weighted by Gasteiger charge is -2.12. The predicted octanol–water partition coefficient (Wildman–Crippen LogP) is 4.86. The molecule has 0 atom stereocenters. The molecule has 0 unspecified atom stereocenters. The Kier molecular flexibility index (Phi) is 6.00. The van der Waals surface area contributed by atoms with Gasteiger partial charge < -0.3 is 15.0 Å². The first-order chi connectivity index (χ1) is 13.9. The topological polar surface area (TPSA) is 49.9 Å². The summed E-state index contributed by atoms with van der Waals surface area (Å²) in [7, 11) is 0. The van der Waals surface area contributed by atoms with Gasteiger partial charge in [-0.15, -0.1) is 0 Å². The standard InChI is InChI=1S/C24H25N3O/c1-2-9-19(10-3-1)18-28-23-14-7-4-11-20(23)17-25-16-8-15-24-26-21-12-5-6-13-22(21)27-24/h1-7,9-14,25H,8,15-18H2,(H,26,27). The lowest BCUT2D eigenvalue weighted by atomic mass is 10.2. The third-order valence-electron chi connectivity index (χ3n) is 4.73. The van der Waals surface area contributed by atoms with Crippen LogP contribution >= 0.6 is 0 Å². The molecule has 0 radical (unpaired) electrons. The van der Waals surface area contributed by atoms with E-state index < -0.39 is 0 Å². The highest BCUT2D eigenvalue weighted by Gasteiger charge is 2.04. The molecule has 0 fully saturated rings. The van der Waals surface area contributed by atoms with Gasteiger partial charge in [0.15, 0.2) is 0 Å². The van der Waals surface area contributed by atoms with Crippen molar-refractivity contribution in [1.29, 1.82) is 0 Å². The number of nitrogens with zero attached hydrogens (tertiary/aromatic N) is 1. The van der Waals surface area contributed by atoms with Crippen LogP contribution in [0.3, 0.4) is 0 Å². The minimum Gasteiger partial charge on any atom is -0.489 e. The first-order valence-corrected chi connectivity index (χ1v) is 9.77. The van der Waals surface area contributed by atoms with E-state index in [1.165, 1.54) is 11.1 Å². The average Bonchev–Trinajstić information content (AvgIpc) is 3.16. The maximum absolute atomic E-state index is 6.03. The molecule has 0 aliphatic heterocycles. The summed E-state index contributed by atoms with van der Waals surface area (Å²) in [6.07, 6.45) is 1.97. The second kappa shape index (κ2) is 9.20. The van der Waals surface area contributed by atoms with E-state index in [1.807, 2.05) is 48.5 Å². The Morgan fingerprint density at radius 2 is 1.64 bits per heavy atom. The highest BCUT2D eigenvalue weighted by Crippen LogP contribution is 2.19. The van der Waals surface area contributed by atoms with Crippen LogP contribution in [0.4, 0.5) is 0 Å². The molecule has 4 nitrogen and oxygen atoms in total. The van der Waals surface area contributed by atoms with Crippen molar-refractivity contribution in [3.8, 4) is 5.75 Å². The molecule has 0 saturated heterocycles. The fourth-order valence-electron chi connectivity index (χ4n) is 3.25. The van der Waals surface area contributed by atoms with Gasteiger partial charge in [0.05, 0.1) is 11.0 Å². The molecule has 28 heavy (non-hydrogen) atoms. The Morgan fingerprint density at radius 3 is 2.54 bits per heavy atom. The maximum atomic E-state index is 6.03. The van der Waals surface area contributed by atoms with Crippen LogP contribution in [0, 0.1) is 0 Å². The van der Waals surface area contributed by atoms with Crippen LogP contribution in [0.5, 0.6) is 5.75 Å². The molecule has 4 aromatic rings. The summed E-state index contributed by atoms with van der Waals surface area (Å²) in [4.78, 5) is 8.02. The maximum Gasteiger partial charge on any atom is 0.124 e. The van der Waals surface area contributed by atoms with Gasteiger partial charge in [-0.05, 0) is 36.7 Å². The number of fused-ring (bicyclic) bond motifs is 1. The van der Waals surface area contributed by atoms with E-state index in [1.54, 1.807) is 0 Å². The molecule has 0 bridgehead atoms. The molecule has 0 spiro atoms. The Balaban J connectivity index is 1.24. The summed E-state index contributed by atoms with van der Waals surface area (Å²) in [6, 6.07) is 26.6. The number of benzene rings is 3. The molecule has 0 amide bonds. The second-order valence-electron chi connectivity index (χ2n) is 6.86. The Morgan fingerprint density at radius 1 is 0.857 bits per heavy atom. The third kappa shape index (κ3) is 4.78. The first kappa shape index (κ1) is 18.3. The summed E-state index contributed by atoms with van der Waals surface area (Å²) in [6.45, 7) is 2.32. The van der Waals surface area contributed by atoms with Crippen molar-refractivity contribution >= 4 is 11.0 Å². The number of hydrogen-bond donors (Lipinski definition) is 2. The molecule has 0 aliphatic carbocycles. The van der Waals surface area contributed by atoms with Crippen LogP contribution in [0.25, 0.3) is 11.0 Å². The van der Waals surface area contributed by atoms with Crippen LogP contribution in [0.1, 0.15) is 23.4 Å². The van der Waals surface area contributed by atoms with E-state index in [0.29, 0.717) is 6.61 Å². The third-order valence-corrected chi connectivity index (χ3v) is 4.73. The predicted molar refractivity (Wildman–Crippen MR) is 113 cm³/mol. The minimum absolute atomic E-state index is 0.587. The molecule has 0 saturated carbocycles. The number of nitrogens with one attached hydrogen (secondary N) is 2. The van der Waals surface area contributed by atoms with Crippen LogP contribution in [0.2, 0.25) is 0 Å². The summed E-state index contributed by atoms with van der Waals surface area (Å²) in [5, 5.41) is 3.52. The van der Waals surface area contributed by atoms with Gasteiger partial charge in [-0.25, -0.2) is 4.98 Å². The lowest BCUT2D eigenvalue weighted by Crippen LogP contribution is -2.16. The summed E-state index contributed by atoms with van der Waals surface area (Å²) in [5.74, 6) is 1.99. The number of rotatable bonds is 9. The van der Waals surface area contributed by atoms with Gasteiger partial charge in [0.1, 0.15) is 18.2 Å². The van der Waals surface area contributed by atoms with Crippen molar-refractivity contribution < 1.29 is 4.74 Å². The van der Waals surface area contributed by atoms with Gasteiger partial charge in [0.25, 0.3) is 0 Å². The highest BCUT2D eigenvalue weighted by molar-refractivity contribution is 5.74. The van der Waals surface area contributed by atoms with Crippen LogP contribution in [0.15, 0.2) is 78.9 Å². The number of aromatic amines is 1. The van der Waals surface area contributed by atoms with Crippen molar-refractivity contribution in [2.45, 2.75) is 26.0 Å². The van der Waals surface area contributed by atoms with Crippen LogP contribution < -0.4 is 10.1 Å². The molecule has 1 aromatic heterocycles. The smallest absolute Gasteiger partial charge is 0.124 e. The monoisotopic (exact) mass is 371 g/mol. The van der Waals surface area contributed by atoms with Crippen LogP contribution in [-0.2, 0) is 19.6 Å². The van der Waals surface area contributed by atoms with Gasteiger partial charge in [0.2, 0.25) is 0 Å². The zero-order chi connectivity index (χ0) is 19.0. The number of aromatic nitrogens is 2. The van der Waals surface area contributed by atoms with Crippen LogP contribution in [-0.4, -0.2) is 16.5 Å². The largest absolute Gasteiger partial charge is 0.489 e. The van der Waals surface area contributed by atoms with Crippen molar-refractivity contribution in [1.82, 2.24) is 15.3 Å². The van der Waals surface area contributed by atoms with E-state index in [0.717, 1.165) is 48.5 Å². The van der Waals surface area contributed by atoms with Crippen molar-refractivity contribution in [2.75, 3.05) is 6.54 Å². The quantitative estimate of drug-likeness (QED) is 0.413. The molecule has 4 rings (SSSR count). The number of hydrogen-bond acceptors (Lipinski definition) is 3. The Hall–Kier alpha value is -3.11. The van der Waals surface area contributed by atoms with E-state index >= 15 is 0 Å². The summed E-state index contributed by atoms with van der Waals surface area (Å²) >= 11 is 0. The Labute approximate surface area is 165 Å². The fraction of sp³-hybridized carbons (Fsp3) is 0.208. The van der Waals surface area contributed by atoms with E-state index in [-0.39, 0.29) is 0 Å².